The zero-order chi connectivity index (χ0) is 15.5. The first kappa shape index (κ1) is 19.0. The highest BCUT2D eigenvalue weighted by Gasteiger charge is 2.26. The van der Waals surface area contributed by atoms with Crippen LogP contribution in [0.25, 0.3) is 0 Å². The molecule has 1 nitrogen and oxygen atoms in total. The first-order valence-corrected chi connectivity index (χ1v) is 9.78. The molecule has 0 amide bonds. The lowest BCUT2D eigenvalue weighted by atomic mass is 9.75. The Bertz CT molecular complexity index is 236. The van der Waals surface area contributed by atoms with Crippen molar-refractivity contribution >= 4 is 0 Å². The lowest BCUT2D eigenvalue weighted by Crippen LogP contribution is -2.26. The Kier molecular flexibility index (Phi) is 10.4. The van der Waals surface area contributed by atoms with E-state index < -0.39 is 0 Å². The van der Waals surface area contributed by atoms with Gasteiger partial charge in [-0.1, -0.05) is 72.6 Å². The van der Waals surface area contributed by atoms with Crippen molar-refractivity contribution in [3.8, 4) is 0 Å². The van der Waals surface area contributed by atoms with Crippen LogP contribution < -0.4 is 0 Å². The normalized spacial score (nSPS) is 24.4. The van der Waals surface area contributed by atoms with Crippen molar-refractivity contribution in [1.29, 1.82) is 0 Å². The largest absolute Gasteiger partial charge is 0.378 e. The van der Waals surface area contributed by atoms with Gasteiger partial charge in [0, 0.05) is 6.61 Å². The van der Waals surface area contributed by atoms with Crippen molar-refractivity contribution in [3.05, 3.63) is 0 Å². The van der Waals surface area contributed by atoms with Crippen molar-refractivity contribution in [2.75, 3.05) is 6.61 Å². The maximum Gasteiger partial charge on any atom is 0.0577 e. The van der Waals surface area contributed by atoms with E-state index in [-0.39, 0.29) is 0 Å². The molecule has 0 spiro atoms. The summed E-state index contributed by atoms with van der Waals surface area (Å²) in [7, 11) is 0. The van der Waals surface area contributed by atoms with E-state index in [0.29, 0.717) is 6.10 Å². The fourth-order valence-electron chi connectivity index (χ4n) is 3.91. The summed E-state index contributed by atoms with van der Waals surface area (Å²) in [6.45, 7) is 10.3. The molecule has 1 heteroatoms. The van der Waals surface area contributed by atoms with E-state index >= 15 is 0 Å². The molecule has 0 aromatic rings. The zero-order valence-corrected chi connectivity index (χ0v) is 15.2. The molecule has 126 valence electrons. The lowest BCUT2D eigenvalue weighted by Gasteiger charge is -2.33. The van der Waals surface area contributed by atoms with E-state index in [0.717, 1.165) is 24.4 Å². The minimum atomic E-state index is 0.536. The minimum Gasteiger partial charge on any atom is -0.378 e. The highest BCUT2D eigenvalue weighted by molar-refractivity contribution is 4.77. The number of unbranched alkanes of at least 4 members (excludes halogenated alkanes) is 1. The molecule has 1 rings (SSSR count). The van der Waals surface area contributed by atoms with Gasteiger partial charge >= 0.3 is 0 Å². The third kappa shape index (κ3) is 8.24. The maximum absolute atomic E-state index is 6.29. The summed E-state index contributed by atoms with van der Waals surface area (Å²) in [4.78, 5) is 0. The molecule has 0 aromatic heterocycles. The quantitative estimate of drug-likeness (QED) is 0.390. The molecule has 0 radical (unpaired) electrons. The molecule has 0 N–H and O–H groups in total. The number of rotatable bonds is 11. The molecule has 0 bridgehead atoms. The third-order valence-corrected chi connectivity index (χ3v) is 5.32. The van der Waals surface area contributed by atoms with Crippen LogP contribution in [-0.4, -0.2) is 12.7 Å². The summed E-state index contributed by atoms with van der Waals surface area (Å²) in [5.41, 5.74) is 0. The summed E-state index contributed by atoms with van der Waals surface area (Å²) in [6.07, 6.45) is 15.5. The molecule has 0 aromatic carbocycles. The van der Waals surface area contributed by atoms with Crippen molar-refractivity contribution in [3.63, 3.8) is 0 Å². The first-order valence-electron chi connectivity index (χ1n) is 9.78. The second-order valence-corrected chi connectivity index (χ2v) is 7.62. The topological polar surface area (TPSA) is 9.23 Å². The first-order chi connectivity index (χ1) is 10.2. The molecule has 21 heavy (non-hydrogen) atoms. The Morgan fingerprint density at radius 2 is 1.67 bits per heavy atom. The van der Waals surface area contributed by atoms with Gasteiger partial charge in [-0.2, -0.15) is 0 Å². The molecule has 3 atom stereocenters. The van der Waals surface area contributed by atoms with E-state index in [4.69, 9.17) is 4.74 Å². The fraction of sp³-hybridized carbons (Fsp3) is 1.00. The minimum absolute atomic E-state index is 0.536. The molecular weight excluding hydrogens is 256 g/mol. The molecule has 3 unspecified atom stereocenters. The molecule has 0 saturated heterocycles. The molecular formula is C20H40O. The van der Waals surface area contributed by atoms with E-state index in [1.165, 1.54) is 70.6 Å². The van der Waals surface area contributed by atoms with Crippen LogP contribution in [0.3, 0.4) is 0 Å². The summed E-state index contributed by atoms with van der Waals surface area (Å²) in [5.74, 6) is 2.73. The predicted molar refractivity (Wildman–Crippen MR) is 93.7 cm³/mol. The molecule has 1 fully saturated rings. The predicted octanol–water partition coefficient (Wildman–Crippen LogP) is 6.60. The standard InChI is InChI=1S/C20H40O/c1-5-7-14-20(21-15-10-11-17(3)4)16-19-13-9-8-12-18(19)6-2/h17-20H,5-16H2,1-4H3. The van der Waals surface area contributed by atoms with Gasteiger partial charge in [0.05, 0.1) is 6.10 Å². The van der Waals surface area contributed by atoms with Gasteiger partial charge in [0.15, 0.2) is 0 Å². The monoisotopic (exact) mass is 296 g/mol. The van der Waals surface area contributed by atoms with Crippen LogP contribution in [0.4, 0.5) is 0 Å². The van der Waals surface area contributed by atoms with Gasteiger partial charge in [0.2, 0.25) is 0 Å². The summed E-state index contributed by atoms with van der Waals surface area (Å²) >= 11 is 0. The van der Waals surface area contributed by atoms with Crippen molar-refractivity contribution in [2.45, 2.75) is 104 Å². The number of hydrogen-bond acceptors (Lipinski definition) is 1. The Labute approximate surface area is 134 Å². The van der Waals surface area contributed by atoms with E-state index in [1.54, 1.807) is 0 Å². The van der Waals surface area contributed by atoms with Crippen LogP contribution in [0.1, 0.15) is 98.3 Å². The summed E-state index contributed by atoms with van der Waals surface area (Å²) in [6, 6.07) is 0. The van der Waals surface area contributed by atoms with Crippen LogP contribution in [0.2, 0.25) is 0 Å². The highest BCUT2D eigenvalue weighted by atomic mass is 16.5. The molecule has 1 saturated carbocycles. The van der Waals surface area contributed by atoms with Gasteiger partial charge in [-0.25, -0.2) is 0 Å². The van der Waals surface area contributed by atoms with Gasteiger partial charge in [0.1, 0.15) is 0 Å². The van der Waals surface area contributed by atoms with Gasteiger partial charge in [-0.15, -0.1) is 0 Å². The highest BCUT2D eigenvalue weighted by Crippen LogP contribution is 2.36. The maximum atomic E-state index is 6.29. The Hall–Kier alpha value is -0.0400. The van der Waals surface area contributed by atoms with E-state index in [1.807, 2.05) is 0 Å². The lowest BCUT2D eigenvalue weighted by molar-refractivity contribution is 0.0133. The van der Waals surface area contributed by atoms with Crippen LogP contribution >= 0.6 is 0 Å². The third-order valence-electron chi connectivity index (χ3n) is 5.32. The molecule has 0 aliphatic heterocycles. The Morgan fingerprint density at radius 1 is 0.952 bits per heavy atom. The summed E-state index contributed by atoms with van der Waals surface area (Å²) < 4.78 is 6.29. The smallest absolute Gasteiger partial charge is 0.0577 e. The van der Waals surface area contributed by atoms with Crippen molar-refractivity contribution in [2.24, 2.45) is 17.8 Å². The van der Waals surface area contributed by atoms with Gasteiger partial charge < -0.3 is 4.74 Å². The average molecular weight is 297 g/mol. The van der Waals surface area contributed by atoms with E-state index in [2.05, 4.69) is 27.7 Å². The Morgan fingerprint density at radius 3 is 2.29 bits per heavy atom. The van der Waals surface area contributed by atoms with Crippen molar-refractivity contribution in [1.82, 2.24) is 0 Å². The second-order valence-electron chi connectivity index (χ2n) is 7.62. The Balaban J connectivity index is 2.36. The van der Waals surface area contributed by atoms with Gasteiger partial charge in [0.25, 0.3) is 0 Å². The SMILES string of the molecule is CCCCC(CC1CCCCC1CC)OCCCC(C)C. The summed E-state index contributed by atoms with van der Waals surface area (Å²) in [5, 5.41) is 0. The molecule has 1 aliphatic rings. The van der Waals surface area contributed by atoms with E-state index in [9.17, 15) is 0 Å². The van der Waals surface area contributed by atoms with Gasteiger partial charge in [-0.3, -0.25) is 0 Å². The van der Waals surface area contributed by atoms with Crippen molar-refractivity contribution < 1.29 is 4.74 Å². The number of ether oxygens (including phenoxy) is 1. The zero-order valence-electron chi connectivity index (χ0n) is 15.2. The second kappa shape index (κ2) is 11.5. The van der Waals surface area contributed by atoms with Crippen LogP contribution in [0.5, 0.6) is 0 Å². The van der Waals surface area contributed by atoms with Crippen LogP contribution in [0, 0.1) is 17.8 Å². The fourth-order valence-corrected chi connectivity index (χ4v) is 3.91. The van der Waals surface area contributed by atoms with Crippen LogP contribution in [-0.2, 0) is 4.74 Å². The average Bonchev–Trinajstić information content (AvgIpc) is 2.49. The van der Waals surface area contributed by atoms with Gasteiger partial charge in [-0.05, 0) is 43.4 Å². The van der Waals surface area contributed by atoms with Crippen LogP contribution in [0.15, 0.2) is 0 Å². The number of hydrogen-bond donors (Lipinski definition) is 0. The molecule has 1 aliphatic carbocycles. The molecule has 0 heterocycles.